The lowest BCUT2D eigenvalue weighted by molar-refractivity contribution is 0.149. The third-order valence-corrected chi connectivity index (χ3v) is 2.83. The second-order valence-electron chi connectivity index (χ2n) is 3.63. The Morgan fingerprint density at radius 1 is 1.44 bits per heavy atom. The largest absolute Gasteiger partial charge is 0.506 e. The molecule has 0 aromatic heterocycles. The molecule has 1 aromatic carbocycles. The SMILES string of the molecule is CCOCCNCc1cc(C)cc(Br)c1O. The van der Waals surface area contributed by atoms with Crippen LogP contribution in [0.15, 0.2) is 16.6 Å². The molecule has 3 nitrogen and oxygen atoms in total. The highest BCUT2D eigenvalue weighted by Crippen LogP contribution is 2.29. The van der Waals surface area contributed by atoms with Crippen LogP contribution in [0.25, 0.3) is 0 Å². The number of phenolic OH excluding ortho intramolecular Hbond substituents is 1. The highest BCUT2D eigenvalue weighted by molar-refractivity contribution is 9.10. The molecular formula is C12H18BrNO2. The van der Waals surface area contributed by atoms with Gasteiger partial charge in [-0.1, -0.05) is 6.07 Å². The predicted molar refractivity (Wildman–Crippen MR) is 68.7 cm³/mol. The number of phenols is 1. The summed E-state index contributed by atoms with van der Waals surface area (Å²) in [5.74, 6) is 0.314. The van der Waals surface area contributed by atoms with E-state index in [1.165, 1.54) is 0 Å². The standard InChI is InChI=1S/C12H18BrNO2/c1-3-16-5-4-14-8-10-6-9(2)7-11(13)12(10)15/h6-7,14-15H,3-5,8H2,1-2H3. The molecule has 0 amide bonds. The highest BCUT2D eigenvalue weighted by atomic mass is 79.9. The molecule has 1 rings (SSSR count). The van der Waals surface area contributed by atoms with Gasteiger partial charge >= 0.3 is 0 Å². The quantitative estimate of drug-likeness (QED) is 0.791. The summed E-state index contributed by atoms with van der Waals surface area (Å²) in [5.41, 5.74) is 2.04. The fourth-order valence-corrected chi connectivity index (χ4v) is 2.07. The molecule has 0 fully saturated rings. The number of aryl methyl sites for hydroxylation is 1. The molecule has 0 aliphatic rings. The van der Waals surface area contributed by atoms with Crippen LogP contribution in [0.3, 0.4) is 0 Å². The molecule has 0 radical (unpaired) electrons. The third kappa shape index (κ3) is 4.12. The molecular weight excluding hydrogens is 270 g/mol. The zero-order valence-electron chi connectivity index (χ0n) is 9.72. The fourth-order valence-electron chi connectivity index (χ4n) is 1.45. The van der Waals surface area contributed by atoms with E-state index in [1.54, 1.807) is 0 Å². The van der Waals surface area contributed by atoms with Crippen LogP contribution in [-0.4, -0.2) is 24.9 Å². The van der Waals surface area contributed by atoms with Gasteiger partial charge in [0.2, 0.25) is 0 Å². The van der Waals surface area contributed by atoms with Crippen LogP contribution in [0.5, 0.6) is 5.75 Å². The number of hydrogen-bond acceptors (Lipinski definition) is 3. The molecule has 1 aromatic rings. The summed E-state index contributed by atoms with van der Waals surface area (Å²) in [6, 6.07) is 3.88. The Morgan fingerprint density at radius 3 is 2.88 bits per heavy atom. The van der Waals surface area contributed by atoms with Crippen LogP contribution in [0.4, 0.5) is 0 Å². The van der Waals surface area contributed by atoms with Gasteiger partial charge in [0, 0.05) is 25.3 Å². The number of nitrogens with one attached hydrogen (secondary N) is 1. The first-order chi connectivity index (χ1) is 7.65. The van der Waals surface area contributed by atoms with Crippen molar-refractivity contribution in [1.29, 1.82) is 0 Å². The predicted octanol–water partition coefficient (Wildman–Crippen LogP) is 2.59. The molecule has 0 saturated heterocycles. The van der Waals surface area contributed by atoms with Crippen molar-refractivity contribution in [2.75, 3.05) is 19.8 Å². The highest BCUT2D eigenvalue weighted by Gasteiger charge is 2.05. The third-order valence-electron chi connectivity index (χ3n) is 2.23. The molecule has 4 heteroatoms. The summed E-state index contributed by atoms with van der Waals surface area (Å²) >= 11 is 3.33. The van der Waals surface area contributed by atoms with E-state index in [1.807, 2.05) is 26.0 Å². The molecule has 16 heavy (non-hydrogen) atoms. The minimum Gasteiger partial charge on any atom is -0.506 e. The van der Waals surface area contributed by atoms with Gasteiger partial charge in [0.05, 0.1) is 11.1 Å². The van der Waals surface area contributed by atoms with Gasteiger partial charge in [-0.25, -0.2) is 0 Å². The Bertz CT molecular complexity index is 342. The maximum atomic E-state index is 9.81. The number of halogens is 1. The van der Waals surface area contributed by atoms with Gasteiger partial charge in [-0.15, -0.1) is 0 Å². The minimum absolute atomic E-state index is 0.314. The summed E-state index contributed by atoms with van der Waals surface area (Å²) in [4.78, 5) is 0. The molecule has 2 N–H and O–H groups in total. The van der Waals surface area contributed by atoms with Crippen molar-refractivity contribution >= 4 is 15.9 Å². The average Bonchev–Trinajstić information content (AvgIpc) is 2.24. The average molecular weight is 288 g/mol. The maximum absolute atomic E-state index is 9.81. The van der Waals surface area contributed by atoms with Gasteiger partial charge in [-0.05, 0) is 41.4 Å². The van der Waals surface area contributed by atoms with E-state index in [0.717, 1.165) is 28.8 Å². The first kappa shape index (κ1) is 13.5. The summed E-state index contributed by atoms with van der Waals surface area (Å²) in [7, 11) is 0. The van der Waals surface area contributed by atoms with Gasteiger partial charge in [0.25, 0.3) is 0 Å². The molecule has 0 aliphatic heterocycles. The van der Waals surface area contributed by atoms with Crippen molar-refractivity contribution < 1.29 is 9.84 Å². The molecule has 0 saturated carbocycles. The smallest absolute Gasteiger partial charge is 0.134 e. The lowest BCUT2D eigenvalue weighted by Crippen LogP contribution is -2.19. The lowest BCUT2D eigenvalue weighted by Gasteiger charge is -2.09. The van der Waals surface area contributed by atoms with Gasteiger partial charge in [0.15, 0.2) is 0 Å². The monoisotopic (exact) mass is 287 g/mol. The van der Waals surface area contributed by atoms with Gasteiger partial charge in [-0.3, -0.25) is 0 Å². The normalized spacial score (nSPS) is 10.7. The van der Waals surface area contributed by atoms with Crippen LogP contribution >= 0.6 is 15.9 Å². The summed E-state index contributed by atoms with van der Waals surface area (Å²) in [5, 5.41) is 13.0. The lowest BCUT2D eigenvalue weighted by atomic mass is 10.1. The zero-order valence-corrected chi connectivity index (χ0v) is 11.3. The van der Waals surface area contributed by atoms with E-state index in [4.69, 9.17) is 4.74 Å². The van der Waals surface area contributed by atoms with Crippen molar-refractivity contribution in [2.24, 2.45) is 0 Å². The number of rotatable bonds is 6. The number of benzene rings is 1. The van der Waals surface area contributed by atoms with Gasteiger partial charge in [0.1, 0.15) is 5.75 Å². The molecule has 0 atom stereocenters. The van der Waals surface area contributed by atoms with Crippen LogP contribution in [-0.2, 0) is 11.3 Å². The molecule has 90 valence electrons. The Hall–Kier alpha value is -0.580. The summed E-state index contributed by atoms with van der Waals surface area (Å²) < 4.78 is 5.96. The van der Waals surface area contributed by atoms with Crippen molar-refractivity contribution in [3.05, 3.63) is 27.7 Å². The van der Waals surface area contributed by atoms with Crippen LogP contribution in [0, 0.1) is 6.92 Å². The van der Waals surface area contributed by atoms with Crippen molar-refractivity contribution in [3.63, 3.8) is 0 Å². The van der Waals surface area contributed by atoms with Crippen molar-refractivity contribution in [3.8, 4) is 5.75 Å². The number of ether oxygens (including phenoxy) is 1. The minimum atomic E-state index is 0.314. The summed E-state index contributed by atoms with van der Waals surface area (Å²) in [6.07, 6.45) is 0. The number of hydrogen-bond donors (Lipinski definition) is 2. The zero-order chi connectivity index (χ0) is 12.0. The summed E-state index contributed by atoms with van der Waals surface area (Å²) in [6.45, 7) is 6.86. The second-order valence-corrected chi connectivity index (χ2v) is 4.48. The Labute approximate surface area is 105 Å². The first-order valence-corrected chi connectivity index (χ1v) is 6.21. The van der Waals surface area contributed by atoms with Crippen LogP contribution in [0.1, 0.15) is 18.1 Å². The van der Waals surface area contributed by atoms with E-state index >= 15 is 0 Å². The maximum Gasteiger partial charge on any atom is 0.134 e. The van der Waals surface area contributed by atoms with Crippen LogP contribution in [0.2, 0.25) is 0 Å². The fraction of sp³-hybridized carbons (Fsp3) is 0.500. The second kappa shape index (κ2) is 6.89. The Morgan fingerprint density at radius 2 is 2.19 bits per heavy atom. The van der Waals surface area contributed by atoms with E-state index in [0.29, 0.717) is 18.9 Å². The Kier molecular flexibility index (Phi) is 5.80. The molecule has 0 aliphatic carbocycles. The number of aromatic hydroxyl groups is 1. The van der Waals surface area contributed by atoms with Crippen molar-refractivity contribution in [2.45, 2.75) is 20.4 Å². The molecule has 0 unspecified atom stereocenters. The van der Waals surface area contributed by atoms with Gasteiger partial charge in [-0.2, -0.15) is 0 Å². The van der Waals surface area contributed by atoms with Gasteiger partial charge < -0.3 is 15.2 Å². The van der Waals surface area contributed by atoms with Crippen molar-refractivity contribution in [1.82, 2.24) is 5.32 Å². The van der Waals surface area contributed by atoms with E-state index < -0.39 is 0 Å². The van der Waals surface area contributed by atoms with E-state index in [-0.39, 0.29) is 0 Å². The molecule has 0 bridgehead atoms. The van der Waals surface area contributed by atoms with E-state index in [9.17, 15) is 5.11 Å². The molecule has 0 spiro atoms. The van der Waals surface area contributed by atoms with Crippen LogP contribution < -0.4 is 5.32 Å². The topological polar surface area (TPSA) is 41.5 Å². The Balaban J connectivity index is 2.47. The first-order valence-electron chi connectivity index (χ1n) is 5.41. The van der Waals surface area contributed by atoms with E-state index in [2.05, 4.69) is 21.2 Å². The molecule has 0 heterocycles.